The Morgan fingerprint density at radius 3 is 2.35 bits per heavy atom. The highest BCUT2D eigenvalue weighted by Gasteiger charge is 2.15. The summed E-state index contributed by atoms with van der Waals surface area (Å²) in [5.41, 5.74) is 5.25. The summed E-state index contributed by atoms with van der Waals surface area (Å²) in [6.07, 6.45) is 1.05. The third-order valence-corrected chi connectivity index (χ3v) is 4.17. The van der Waals surface area contributed by atoms with Crippen LogP contribution in [0.5, 0.6) is 0 Å². The van der Waals surface area contributed by atoms with Crippen molar-refractivity contribution in [3.63, 3.8) is 0 Å². The summed E-state index contributed by atoms with van der Waals surface area (Å²) in [6, 6.07) is 8.61. The van der Waals surface area contributed by atoms with E-state index >= 15 is 0 Å². The van der Waals surface area contributed by atoms with E-state index in [0.29, 0.717) is 6.54 Å². The quantitative estimate of drug-likeness (QED) is 0.843. The number of carbonyl (C=O) groups excluding carboxylic acids is 1. The molecule has 1 unspecified atom stereocenters. The number of benzene rings is 1. The van der Waals surface area contributed by atoms with E-state index in [0.717, 1.165) is 34.9 Å². The molecule has 0 aliphatic rings. The molecule has 2 N–H and O–H groups in total. The number of aromatic nitrogens is 2. The molecule has 0 saturated heterocycles. The van der Waals surface area contributed by atoms with Gasteiger partial charge in [0.15, 0.2) is 6.54 Å². The molecule has 5 heteroatoms. The van der Waals surface area contributed by atoms with Gasteiger partial charge in [0.05, 0.1) is 24.1 Å². The van der Waals surface area contributed by atoms with Crippen LogP contribution in [0.15, 0.2) is 24.3 Å². The van der Waals surface area contributed by atoms with Crippen LogP contribution in [-0.2, 0) is 24.8 Å². The molecule has 1 aromatic heterocycles. The molecule has 0 aliphatic heterocycles. The molecular formula is C18H27N4O+. The Bertz CT molecular complexity index is 673. The number of aryl methyl sites for hydroxylation is 3. The lowest BCUT2D eigenvalue weighted by Gasteiger charge is -2.14. The Kier molecular flexibility index (Phi) is 5.55. The number of quaternary nitrogens is 1. The average molecular weight is 315 g/mol. The minimum atomic E-state index is 0.0203. The fourth-order valence-electron chi connectivity index (χ4n) is 2.72. The van der Waals surface area contributed by atoms with Crippen molar-refractivity contribution in [1.82, 2.24) is 9.78 Å². The molecule has 2 aromatic rings. The highest BCUT2D eigenvalue weighted by atomic mass is 16.2. The van der Waals surface area contributed by atoms with Crippen LogP contribution < -0.4 is 10.2 Å². The van der Waals surface area contributed by atoms with Crippen LogP contribution in [0, 0.1) is 13.8 Å². The molecule has 1 heterocycles. The van der Waals surface area contributed by atoms with Crippen molar-refractivity contribution in [3.8, 4) is 0 Å². The van der Waals surface area contributed by atoms with E-state index in [4.69, 9.17) is 0 Å². The van der Waals surface area contributed by atoms with Gasteiger partial charge in [0.2, 0.25) is 0 Å². The standard InChI is InChI=1S/C18H26N4O/c1-6-15-7-9-16(10-8-15)11-21(4)12-17(23)19-18-13(2)20-22(5)14(18)3/h7-10H,6,11-12H2,1-5H3,(H,19,23)/p+1. The lowest BCUT2D eigenvalue weighted by molar-refractivity contribution is -0.885. The van der Waals surface area contributed by atoms with Crippen molar-refractivity contribution in [2.75, 3.05) is 18.9 Å². The van der Waals surface area contributed by atoms with Crippen LogP contribution >= 0.6 is 0 Å². The molecule has 1 aromatic carbocycles. The first-order valence-electron chi connectivity index (χ1n) is 8.09. The number of nitrogens with zero attached hydrogens (tertiary/aromatic N) is 2. The summed E-state index contributed by atoms with van der Waals surface area (Å²) in [4.78, 5) is 13.4. The van der Waals surface area contributed by atoms with Gasteiger partial charge in [-0.25, -0.2) is 0 Å². The van der Waals surface area contributed by atoms with Crippen molar-refractivity contribution in [2.45, 2.75) is 33.7 Å². The number of amides is 1. The van der Waals surface area contributed by atoms with Gasteiger partial charge in [-0.2, -0.15) is 5.10 Å². The molecule has 5 nitrogen and oxygen atoms in total. The second-order valence-electron chi connectivity index (χ2n) is 6.20. The Hall–Kier alpha value is -2.14. The van der Waals surface area contributed by atoms with E-state index in [9.17, 15) is 4.79 Å². The molecule has 124 valence electrons. The van der Waals surface area contributed by atoms with Crippen molar-refractivity contribution in [1.29, 1.82) is 0 Å². The number of hydrogen-bond donors (Lipinski definition) is 2. The second kappa shape index (κ2) is 7.42. The molecule has 0 radical (unpaired) electrons. The van der Waals surface area contributed by atoms with Gasteiger partial charge in [0.25, 0.3) is 5.91 Å². The van der Waals surface area contributed by atoms with E-state index < -0.39 is 0 Å². The first-order valence-corrected chi connectivity index (χ1v) is 8.09. The van der Waals surface area contributed by atoms with E-state index in [2.05, 4.69) is 41.6 Å². The van der Waals surface area contributed by atoms with Crippen molar-refractivity contribution in [2.24, 2.45) is 7.05 Å². The summed E-state index contributed by atoms with van der Waals surface area (Å²) < 4.78 is 1.79. The normalized spacial score (nSPS) is 12.2. The van der Waals surface area contributed by atoms with Crippen LogP contribution in [-0.4, -0.2) is 29.3 Å². The molecule has 0 aliphatic carbocycles. The van der Waals surface area contributed by atoms with Crippen LogP contribution in [0.1, 0.15) is 29.4 Å². The van der Waals surface area contributed by atoms with Crippen molar-refractivity contribution < 1.29 is 9.69 Å². The number of rotatable bonds is 6. The van der Waals surface area contributed by atoms with Gasteiger partial charge < -0.3 is 10.2 Å². The molecular weight excluding hydrogens is 288 g/mol. The number of nitrogens with one attached hydrogen (secondary N) is 2. The van der Waals surface area contributed by atoms with Crippen molar-refractivity contribution >= 4 is 11.6 Å². The predicted molar refractivity (Wildman–Crippen MR) is 92.6 cm³/mol. The maximum absolute atomic E-state index is 12.3. The highest BCUT2D eigenvalue weighted by Crippen LogP contribution is 2.17. The lowest BCUT2D eigenvalue weighted by Crippen LogP contribution is -3.08. The zero-order valence-electron chi connectivity index (χ0n) is 14.7. The van der Waals surface area contributed by atoms with E-state index in [1.54, 1.807) is 4.68 Å². The summed E-state index contributed by atoms with van der Waals surface area (Å²) in [6.45, 7) is 7.29. The largest absolute Gasteiger partial charge is 0.326 e. The third kappa shape index (κ3) is 4.42. The SMILES string of the molecule is CCc1ccc(C[NH+](C)CC(=O)Nc2c(C)nn(C)c2C)cc1. The molecule has 2 rings (SSSR count). The monoisotopic (exact) mass is 315 g/mol. The van der Waals surface area contributed by atoms with Gasteiger partial charge in [-0.05, 0) is 25.8 Å². The summed E-state index contributed by atoms with van der Waals surface area (Å²) in [7, 11) is 3.92. The maximum atomic E-state index is 12.3. The zero-order chi connectivity index (χ0) is 17.0. The zero-order valence-corrected chi connectivity index (χ0v) is 14.7. The molecule has 0 fully saturated rings. The number of carbonyl (C=O) groups is 1. The van der Waals surface area contributed by atoms with Gasteiger partial charge in [0, 0.05) is 12.6 Å². The Balaban J connectivity index is 1.91. The van der Waals surface area contributed by atoms with E-state index in [1.165, 1.54) is 11.1 Å². The Morgan fingerprint density at radius 2 is 1.83 bits per heavy atom. The molecule has 0 bridgehead atoms. The first kappa shape index (κ1) is 17.2. The van der Waals surface area contributed by atoms with Gasteiger partial charge in [-0.15, -0.1) is 0 Å². The minimum absolute atomic E-state index is 0.0203. The number of hydrogen-bond acceptors (Lipinski definition) is 2. The van der Waals surface area contributed by atoms with Crippen molar-refractivity contribution in [3.05, 3.63) is 46.8 Å². The summed E-state index contributed by atoms with van der Waals surface area (Å²) in [5.74, 6) is 0.0203. The molecule has 1 amide bonds. The Morgan fingerprint density at radius 1 is 1.22 bits per heavy atom. The summed E-state index contributed by atoms with van der Waals surface area (Å²) in [5, 5.41) is 7.31. The van der Waals surface area contributed by atoms with Gasteiger partial charge in [-0.1, -0.05) is 31.2 Å². The fourth-order valence-corrected chi connectivity index (χ4v) is 2.72. The van der Waals surface area contributed by atoms with Crippen LogP contribution in [0.25, 0.3) is 0 Å². The smallest absolute Gasteiger partial charge is 0.279 e. The molecule has 23 heavy (non-hydrogen) atoms. The van der Waals surface area contributed by atoms with Crippen LogP contribution in [0.3, 0.4) is 0 Å². The van der Waals surface area contributed by atoms with Gasteiger partial charge in [-0.3, -0.25) is 9.48 Å². The maximum Gasteiger partial charge on any atom is 0.279 e. The van der Waals surface area contributed by atoms with E-state index in [1.807, 2.05) is 27.9 Å². The lowest BCUT2D eigenvalue weighted by atomic mass is 10.1. The molecule has 0 spiro atoms. The van der Waals surface area contributed by atoms with Crippen LogP contribution in [0.4, 0.5) is 5.69 Å². The summed E-state index contributed by atoms with van der Waals surface area (Å²) >= 11 is 0. The molecule has 1 atom stereocenters. The predicted octanol–water partition coefficient (Wildman–Crippen LogP) is 1.25. The fraction of sp³-hybridized carbons (Fsp3) is 0.444. The highest BCUT2D eigenvalue weighted by molar-refractivity contribution is 5.92. The third-order valence-electron chi connectivity index (χ3n) is 4.17. The number of anilines is 1. The number of likely N-dealkylation sites (N-methyl/N-ethyl adjacent to an activating group) is 1. The molecule has 0 saturated carbocycles. The average Bonchev–Trinajstić information content (AvgIpc) is 2.74. The second-order valence-corrected chi connectivity index (χ2v) is 6.20. The minimum Gasteiger partial charge on any atom is -0.326 e. The van der Waals surface area contributed by atoms with Crippen LogP contribution in [0.2, 0.25) is 0 Å². The Labute approximate surface area is 138 Å². The van der Waals surface area contributed by atoms with E-state index in [-0.39, 0.29) is 5.91 Å². The van der Waals surface area contributed by atoms with Gasteiger partial charge >= 0.3 is 0 Å². The first-order chi connectivity index (χ1) is 10.9. The topological polar surface area (TPSA) is 51.4 Å². The van der Waals surface area contributed by atoms with Gasteiger partial charge in [0.1, 0.15) is 6.54 Å².